The third-order valence-corrected chi connectivity index (χ3v) is 7.73. The van der Waals surface area contributed by atoms with Gasteiger partial charge < -0.3 is 14.8 Å². The number of benzene rings is 3. The van der Waals surface area contributed by atoms with Crippen LogP contribution in [0, 0.1) is 0 Å². The van der Waals surface area contributed by atoms with Crippen molar-refractivity contribution in [3.63, 3.8) is 0 Å². The lowest BCUT2D eigenvalue weighted by atomic mass is 10.1. The molecule has 0 spiro atoms. The molecule has 40 heavy (non-hydrogen) atoms. The van der Waals surface area contributed by atoms with E-state index in [2.05, 4.69) is 12.2 Å². The number of thioether (sulfide) groups is 1. The molecule has 0 aromatic heterocycles. The number of hydrogen-bond donors (Lipinski definition) is 1. The second-order valence-electron chi connectivity index (χ2n) is 9.61. The topological polar surface area (TPSA) is 80.2 Å². The molecule has 0 aliphatic carbocycles. The predicted molar refractivity (Wildman–Crippen MR) is 163 cm³/mol. The predicted octanol–water partition coefficient (Wildman–Crippen LogP) is 6.86. The SMILES string of the molecule is CCCCCCOc1ccc(NC(=O)CC2SC(=Nc3ccccc3)N(CCc3ccc(OC)cc3)C2=O)cc1. The van der Waals surface area contributed by atoms with Gasteiger partial charge in [-0.3, -0.25) is 14.5 Å². The number of ether oxygens (including phenoxy) is 2. The maximum absolute atomic E-state index is 13.4. The maximum Gasteiger partial charge on any atom is 0.242 e. The summed E-state index contributed by atoms with van der Waals surface area (Å²) >= 11 is 1.34. The molecule has 0 radical (unpaired) electrons. The molecule has 1 heterocycles. The smallest absolute Gasteiger partial charge is 0.242 e. The van der Waals surface area contributed by atoms with Crippen LogP contribution in [-0.2, 0) is 16.0 Å². The van der Waals surface area contributed by atoms with Crippen molar-refractivity contribution in [2.75, 3.05) is 25.6 Å². The van der Waals surface area contributed by atoms with Crippen molar-refractivity contribution in [3.8, 4) is 11.5 Å². The largest absolute Gasteiger partial charge is 0.497 e. The summed E-state index contributed by atoms with van der Waals surface area (Å²) in [6.45, 7) is 3.35. The highest BCUT2D eigenvalue weighted by Crippen LogP contribution is 2.32. The highest BCUT2D eigenvalue weighted by Gasteiger charge is 2.39. The first-order chi connectivity index (χ1) is 19.6. The summed E-state index contributed by atoms with van der Waals surface area (Å²) in [6, 6.07) is 24.7. The average molecular weight is 560 g/mol. The lowest BCUT2D eigenvalue weighted by molar-refractivity contribution is -0.128. The number of rotatable bonds is 14. The normalized spacial score (nSPS) is 15.8. The van der Waals surface area contributed by atoms with E-state index >= 15 is 0 Å². The fourth-order valence-electron chi connectivity index (χ4n) is 4.31. The van der Waals surface area contributed by atoms with E-state index in [4.69, 9.17) is 14.5 Å². The highest BCUT2D eigenvalue weighted by molar-refractivity contribution is 8.15. The number of para-hydroxylation sites is 1. The molecule has 4 rings (SSSR count). The number of nitrogens with one attached hydrogen (secondary N) is 1. The molecule has 3 aromatic carbocycles. The molecule has 2 amide bonds. The number of hydrogen-bond acceptors (Lipinski definition) is 6. The van der Waals surface area contributed by atoms with E-state index in [1.54, 1.807) is 12.0 Å². The molecule has 1 atom stereocenters. The van der Waals surface area contributed by atoms with E-state index in [1.807, 2.05) is 78.9 Å². The maximum atomic E-state index is 13.4. The summed E-state index contributed by atoms with van der Waals surface area (Å²) in [5.74, 6) is 1.26. The first kappa shape index (κ1) is 29.2. The number of carbonyl (C=O) groups excluding carboxylic acids is 2. The number of carbonyl (C=O) groups is 2. The van der Waals surface area contributed by atoms with Gasteiger partial charge in [-0.1, -0.05) is 68.3 Å². The van der Waals surface area contributed by atoms with E-state index in [0.29, 0.717) is 30.4 Å². The molecular weight excluding hydrogens is 522 g/mol. The second-order valence-corrected chi connectivity index (χ2v) is 10.8. The Morgan fingerprint density at radius 2 is 1.68 bits per heavy atom. The Hall–Kier alpha value is -3.78. The van der Waals surface area contributed by atoms with Gasteiger partial charge in [-0.05, 0) is 66.9 Å². The van der Waals surface area contributed by atoms with Crippen LogP contribution in [0.25, 0.3) is 0 Å². The van der Waals surface area contributed by atoms with Crippen LogP contribution < -0.4 is 14.8 Å². The molecule has 1 fully saturated rings. The molecule has 0 bridgehead atoms. The summed E-state index contributed by atoms with van der Waals surface area (Å²) in [5.41, 5.74) is 2.53. The van der Waals surface area contributed by atoms with Crippen molar-refractivity contribution in [3.05, 3.63) is 84.4 Å². The van der Waals surface area contributed by atoms with E-state index in [1.165, 1.54) is 31.0 Å². The second kappa shape index (κ2) is 15.1. The highest BCUT2D eigenvalue weighted by atomic mass is 32.2. The van der Waals surface area contributed by atoms with E-state index in [0.717, 1.165) is 29.2 Å². The van der Waals surface area contributed by atoms with Crippen LogP contribution >= 0.6 is 11.8 Å². The van der Waals surface area contributed by atoms with Crippen molar-refractivity contribution < 1.29 is 19.1 Å². The van der Waals surface area contributed by atoms with Gasteiger partial charge in [0.05, 0.1) is 19.4 Å². The van der Waals surface area contributed by atoms with Gasteiger partial charge in [0.25, 0.3) is 0 Å². The number of methoxy groups -OCH3 is 1. The van der Waals surface area contributed by atoms with Gasteiger partial charge in [0.15, 0.2) is 5.17 Å². The van der Waals surface area contributed by atoms with Crippen molar-refractivity contribution in [2.24, 2.45) is 4.99 Å². The Labute approximate surface area is 241 Å². The molecule has 1 unspecified atom stereocenters. The molecule has 8 heteroatoms. The van der Waals surface area contributed by atoms with E-state index in [-0.39, 0.29) is 18.2 Å². The van der Waals surface area contributed by atoms with Crippen LogP contribution in [0.5, 0.6) is 11.5 Å². The number of unbranched alkanes of at least 4 members (excludes halogenated alkanes) is 3. The van der Waals surface area contributed by atoms with Gasteiger partial charge in [-0.2, -0.15) is 0 Å². The molecule has 3 aromatic rings. The minimum atomic E-state index is -0.538. The zero-order valence-corrected chi connectivity index (χ0v) is 24.0. The summed E-state index contributed by atoms with van der Waals surface area (Å²) in [5, 5.41) is 2.99. The van der Waals surface area contributed by atoms with Crippen LogP contribution in [0.3, 0.4) is 0 Å². The lowest BCUT2D eigenvalue weighted by Crippen LogP contribution is -2.35. The quantitative estimate of drug-likeness (QED) is 0.218. The summed E-state index contributed by atoms with van der Waals surface area (Å²) in [6.07, 6.45) is 5.34. The Kier molecular flexibility index (Phi) is 11.0. The fourth-order valence-corrected chi connectivity index (χ4v) is 5.49. The van der Waals surface area contributed by atoms with Crippen LogP contribution in [-0.4, -0.2) is 47.4 Å². The number of aliphatic imine (C=N–C) groups is 1. The molecule has 1 N–H and O–H groups in total. The first-order valence-corrected chi connectivity index (χ1v) is 14.7. The third kappa shape index (κ3) is 8.61. The van der Waals surface area contributed by atoms with Gasteiger partial charge in [0, 0.05) is 18.7 Å². The van der Waals surface area contributed by atoms with Gasteiger partial charge in [-0.25, -0.2) is 4.99 Å². The Bertz CT molecular complexity index is 1260. The number of nitrogens with zero attached hydrogens (tertiary/aromatic N) is 2. The summed E-state index contributed by atoms with van der Waals surface area (Å²) in [4.78, 5) is 32.8. The minimum Gasteiger partial charge on any atom is -0.497 e. The molecule has 7 nitrogen and oxygen atoms in total. The Morgan fingerprint density at radius 3 is 2.38 bits per heavy atom. The Balaban J connectivity index is 1.36. The first-order valence-electron chi connectivity index (χ1n) is 13.8. The molecule has 210 valence electrons. The fraction of sp³-hybridized carbons (Fsp3) is 0.344. The Morgan fingerprint density at radius 1 is 0.950 bits per heavy atom. The van der Waals surface area contributed by atoms with Crippen LogP contribution in [0.1, 0.15) is 44.6 Å². The average Bonchev–Trinajstić information content (AvgIpc) is 3.26. The van der Waals surface area contributed by atoms with Gasteiger partial charge in [-0.15, -0.1) is 0 Å². The molecule has 1 saturated heterocycles. The summed E-state index contributed by atoms with van der Waals surface area (Å²) in [7, 11) is 1.64. The number of amides is 2. The minimum absolute atomic E-state index is 0.0615. The van der Waals surface area contributed by atoms with Gasteiger partial charge in [0.2, 0.25) is 11.8 Å². The zero-order valence-electron chi connectivity index (χ0n) is 23.2. The standard InChI is InChI=1S/C32H37N3O4S/c1-3-4-5-9-22-39-28-18-14-26(15-19-28)33-30(36)23-29-31(37)35(21-20-24-12-16-27(38-2)17-13-24)32(40-29)34-25-10-7-6-8-11-25/h6-8,10-19,29H,3-5,9,20-23H2,1-2H3,(H,33,36). The molecule has 1 aliphatic rings. The van der Waals surface area contributed by atoms with Crippen LogP contribution in [0.15, 0.2) is 83.9 Å². The monoisotopic (exact) mass is 559 g/mol. The number of amidine groups is 1. The molecule has 0 saturated carbocycles. The third-order valence-electron chi connectivity index (χ3n) is 6.56. The van der Waals surface area contributed by atoms with Gasteiger partial charge in [0.1, 0.15) is 16.7 Å². The zero-order chi connectivity index (χ0) is 28.2. The molecular formula is C32H37N3O4S. The van der Waals surface area contributed by atoms with Crippen molar-refractivity contribution in [2.45, 2.75) is 50.7 Å². The number of anilines is 1. The van der Waals surface area contributed by atoms with Crippen molar-refractivity contribution >= 4 is 40.1 Å². The lowest BCUT2D eigenvalue weighted by Gasteiger charge is -2.16. The molecule has 1 aliphatic heterocycles. The summed E-state index contributed by atoms with van der Waals surface area (Å²) < 4.78 is 11.0. The van der Waals surface area contributed by atoms with Crippen LogP contribution in [0.4, 0.5) is 11.4 Å². The van der Waals surface area contributed by atoms with Crippen molar-refractivity contribution in [1.82, 2.24) is 4.90 Å². The van der Waals surface area contributed by atoms with Gasteiger partial charge >= 0.3 is 0 Å². The van der Waals surface area contributed by atoms with Crippen molar-refractivity contribution in [1.29, 1.82) is 0 Å². The van der Waals surface area contributed by atoms with Crippen LogP contribution in [0.2, 0.25) is 0 Å². The van der Waals surface area contributed by atoms with E-state index in [9.17, 15) is 9.59 Å². The van der Waals surface area contributed by atoms with E-state index < -0.39 is 5.25 Å².